The number of ether oxygens (including phenoxy) is 1. The first kappa shape index (κ1) is 13.6. The lowest BCUT2D eigenvalue weighted by Gasteiger charge is -2.15. The quantitative estimate of drug-likeness (QED) is 0.616. The third-order valence-corrected chi connectivity index (χ3v) is 3.67. The van der Waals surface area contributed by atoms with Crippen LogP contribution in [-0.4, -0.2) is 29.9 Å². The molecule has 21 heavy (non-hydrogen) atoms. The predicted octanol–water partition coefficient (Wildman–Crippen LogP) is 2.92. The number of rotatable bonds is 5. The lowest BCUT2D eigenvalue weighted by molar-refractivity contribution is 0.0640. The molecular weight excluding hydrogens is 266 g/mol. The highest BCUT2D eigenvalue weighted by Crippen LogP contribution is 2.22. The van der Waals surface area contributed by atoms with Gasteiger partial charge in [0.15, 0.2) is 0 Å². The second-order valence-electron chi connectivity index (χ2n) is 5.11. The Morgan fingerprint density at radius 2 is 1.81 bits per heavy atom. The monoisotopic (exact) mass is 283 g/mol. The van der Waals surface area contributed by atoms with Crippen LogP contribution in [0.5, 0.6) is 0 Å². The van der Waals surface area contributed by atoms with E-state index in [1.54, 1.807) is 24.3 Å². The Kier molecular flexibility index (Phi) is 3.86. The van der Waals surface area contributed by atoms with Gasteiger partial charge in [0.05, 0.1) is 23.5 Å². The van der Waals surface area contributed by atoms with Crippen molar-refractivity contribution in [3.8, 4) is 0 Å². The molecule has 4 nitrogen and oxygen atoms in total. The maximum atomic E-state index is 12.1. The standard InChI is InChI=1S/C17H17NO3/c19-16-14-9-4-5-10-15(14)17(20)18(16)11-6-12-21-13-7-2-1-3-8-13/h1-2,4-5,7,9-10H,3,6,8,11-12H2. The first-order valence-electron chi connectivity index (χ1n) is 7.21. The molecule has 0 bridgehead atoms. The van der Waals surface area contributed by atoms with Crippen LogP contribution in [0.1, 0.15) is 40.0 Å². The van der Waals surface area contributed by atoms with E-state index in [4.69, 9.17) is 4.74 Å². The fraction of sp³-hybridized carbons (Fsp3) is 0.294. The lowest BCUT2D eigenvalue weighted by Crippen LogP contribution is -2.31. The molecule has 4 heteroatoms. The molecule has 0 saturated heterocycles. The summed E-state index contributed by atoms with van der Waals surface area (Å²) in [6, 6.07) is 6.95. The van der Waals surface area contributed by atoms with Gasteiger partial charge in [0.1, 0.15) is 0 Å². The van der Waals surface area contributed by atoms with E-state index in [9.17, 15) is 9.59 Å². The van der Waals surface area contributed by atoms with Crippen LogP contribution in [0, 0.1) is 0 Å². The van der Waals surface area contributed by atoms with Crippen LogP contribution in [0.2, 0.25) is 0 Å². The summed E-state index contributed by atoms with van der Waals surface area (Å²) in [5.41, 5.74) is 1.01. The van der Waals surface area contributed by atoms with Crippen molar-refractivity contribution in [2.45, 2.75) is 19.3 Å². The molecule has 1 heterocycles. The van der Waals surface area contributed by atoms with Gasteiger partial charge < -0.3 is 4.74 Å². The van der Waals surface area contributed by atoms with E-state index in [1.165, 1.54) is 4.90 Å². The smallest absolute Gasteiger partial charge is 0.261 e. The Labute approximate surface area is 123 Å². The largest absolute Gasteiger partial charge is 0.498 e. The molecule has 0 atom stereocenters. The van der Waals surface area contributed by atoms with Crippen LogP contribution in [0.3, 0.4) is 0 Å². The highest BCUT2D eigenvalue weighted by Gasteiger charge is 2.34. The Morgan fingerprint density at radius 1 is 1.10 bits per heavy atom. The highest BCUT2D eigenvalue weighted by atomic mass is 16.5. The molecule has 1 aliphatic heterocycles. The number of imide groups is 1. The molecule has 1 aromatic carbocycles. The summed E-state index contributed by atoms with van der Waals surface area (Å²) in [4.78, 5) is 25.6. The molecule has 0 N–H and O–H groups in total. The number of allylic oxidation sites excluding steroid dienone is 4. The molecule has 108 valence electrons. The van der Waals surface area contributed by atoms with Crippen molar-refractivity contribution in [1.29, 1.82) is 0 Å². The van der Waals surface area contributed by atoms with Crippen LogP contribution in [0.4, 0.5) is 0 Å². The minimum atomic E-state index is -0.199. The van der Waals surface area contributed by atoms with Crippen molar-refractivity contribution in [3.05, 3.63) is 59.4 Å². The van der Waals surface area contributed by atoms with Gasteiger partial charge in [-0.05, 0) is 31.1 Å². The van der Waals surface area contributed by atoms with Gasteiger partial charge in [-0.1, -0.05) is 24.3 Å². The normalized spacial score (nSPS) is 17.0. The average molecular weight is 283 g/mol. The average Bonchev–Trinajstić information content (AvgIpc) is 2.77. The fourth-order valence-electron chi connectivity index (χ4n) is 2.57. The van der Waals surface area contributed by atoms with Crippen LogP contribution >= 0.6 is 0 Å². The molecule has 0 fully saturated rings. The zero-order chi connectivity index (χ0) is 14.7. The summed E-state index contributed by atoms with van der Waals surface area (Å²) in [5.74, 6) is 0.575. The van der Waals surface area contributed by atoms with Crippen LogP contribution in [0.25, 0.3) is 0 Å². The molecule has 0 aromatic heterocycles. The van der Waals surface area contributed by atoms with Gasteiger partial charge in [0, 0.05) is 13.0 Å². The molecule has 0 spiro atoms. The zero-order valence-corrected chi connectivity index (χ0v) is 11.7. The van der Waals surface area contributed by atoms with E-state index in [0.29, 0.717) is 30.7 Å². The summed E-state index contributed by atoms with van der Waals surface area (Å²) in [7, 11) is 0. The van der Waals surface area contributed by atoms with E-state index < -0.39 is 0 Å². The van der Waals surface area contributed by atoms with Gasteiger partial charge in [-0.25, -0.2) is 0 Å². The number of carbonyl (C=O) groups is 2. The molecule has 1 aromatic rings. The summed E-state index contributed by atoms with van der Waals surface area (Å²) < 4.78 is 5.65. The van der Waals surface area contributed by atoms with Crippen LogP contribution in [0.15, 0.2) is 48.3 Å². The number of carbonyl (C=O) groups excluding carboxylic acids is 2. The molecule has 2 amide bonds. The second kappa shape index (κ2) is 5.95. The number of amides is 2. The number of benzene rings is 1. The van der Waals surface area contributed by atoms with Crippen molar-refractivity contribution in [1.82, 2.24) is 4.90 Å². The van der Waals surface area contributed by atoms with Crippen LogP contribution < -0.4 is 0 Å². The van der Waals surface area contributed by atoms with Crippen LogP contribution in [-0.2, 0) is 4.74 Å². The summed E-state index contributed by atoms with van der Waals surface area (Å²) in [5, 5.41) is 0. The minimum Gasteiger partial charge on any atom is -0.498 e. The predicted molar refractivity (Wildman–Crippen MR) is 78.8 cm³/mol. The van der Waals surface area contributed by atoms with Gasteiger partial charge in [0.2, 0.25) is 0 Å². The van der Waals surface area contributed by atoms with Gasteiger partial charge in [-0.15, -0.1) is 0 Å². The van der Waals surface area contributed by atoms with E-state index in [-0.39, 0.29) is 11.8 Å². The molecular formula is C17H17NO3. The number of fused-ring (bicyclic) bond motifs is 1. The van der Waals surface area contributed by atoms with Crippen molar-refractivity contribution in [2.24, 2.45) is 0 Å². The highest BCUT2D eigenvalue weighted by molar-refractivity contribution is 6.21. The second-order valence-corrected chi connectivity index (χ2v) is 5.11. The number of hydrogen-bond donors (Lipinski definition) is 0. The first-order chi connectivity index (χ1) is 10.3. The van der Waals surface area contributed by atoms with E-state index in [1.807, 2.05) is 12.2 Å². The molecule has 0 saturated carbocycles. The van der Waals surface area contributed by atoms with Gasteiger partial charge in [0.25, 0.3) is 11.8 Å². The first-order valence-corrected chi connectivity index (χ1v) is 7.21. The third kappa shape index (κ3) is 2.75. The Morgan fingerprint density at radius 3 is 2.43 bits per heavy atom. The number of nitrogens with zero attached hydrogens (tertiary/aromatic N) is 1. The summed E-state index contributed by atoms with van der Waals surface area (Å²) in [6.07, 6.45) is 8.63. The van der Waals surface area contributed by atoms with E-state index >= 15 is 0 Å². The van der Waals surface area contributed by atoms with Crippen molar-refractivity contribution < 1.29 is 14.3 Å². The van der Waals surface area contributed by atoms with E-state index in [0.717, 1.165) is 18.6 Å². The summed E-state index contributed by atoms with van der Waals surface area (Å²) in [6.45, 7) is 0.919. The van der Waals surface area contributed by atoms with Crippen molar-refractivity contribution in [3.63, 3.8) is 0 Å². The van der Waals surface area contributed by atoms with E-state index in [2.05, 4.69) is 6.08 Å². The fourth-order valence-corrected chi connectivity index (χ4v) is 2.57. The lowest BCUT2D eigenvalue weighted by atomic mass is 10.1. The third-order valence-electron chi connectivity index (χ3n) is 3.67. The molecule has 3 rings (SSSR count). The zero-order valence-electron chi connectivity index (χ0n) is 11.7. The number of hydrogen-bond acceptors (Lipinski definition) is 3. The minimum absolute atomic E-state index is 0.199. The Balaban J connectivity index is 1.53. The summed E-state index contributed by atoms with van der Waals surface area (Å²) >= 11 is 0. The molecule has 0 radical (unpaired) electrons. The SMILES string of the molecule is O=C1c2ccccc2C(=O)N1CCCOC1=CC=CCC1. The van der Waals surface area contributed by atoms with Gasteiger partial charge in [-0.3, -0.25) is 14.5 Å². The molecule has 1 aliphatic carbocycles. The topological polar surface area (TPSA) is 46.6 Å². The van der Waals surface area contributed by atoms with Crippen molar-refractivity contribution >= 4 is 11.8 Å². The van der Waals surface area contributed by atoms with Gasteiger partial charge >= 0.3 is 0 Å². The molecule has 0 unspecified atom stereocenters. The maximum Gasteiger partial charge on any atom is 0.261 e. The van der Waals surface area contributed by atoms with Gasteiger partial charge in [-0.2, -0.15) is 0 Å². The maximum absolute atomic E-state index is 12.1. The molecule has 2 aliphatic rings. The Hall–Kier alpha value is -2.36. The Bertz CT molecular complexity index is 596. The van der Waals surface area contributed by atoms with Crippen molar-refractivity contribution in [2.75, 3.05) is 13.2 Å².